The zero-order valence-electron chi connectivity index (χ0n) is 15.2. The van der Waals surface area contributed by atoms with Gasteiger partial charge in [0.05, 0.1) is 0 Å². The summed E-state index contributed by atoms with van der Waals surface area (Å²) in [5.74, 6) is -2.01. The SMILES string of the molecule is Cc1cc(O)n(C(=O)OC(C)(C)C)c1C(=O)O[C@@H]1C(=O)OCC1(C)C. The van der Waals surface area contributed by atoms with E-state index in [9.17, 15) is 19.5 Å². The van der Waals surface area contributed by atoms with Gasteiger partial charge in [-0.05, 0) is 33.3 Å². The molecule has 0 spiro atoms. The highest BCUT2D eigenvalue weighted by Gasteiger charge is 2.47. The topological polar surface area (TPSA) is 104 Å². The number of aryl methyl sites for hydroxylation is 1. The Balaban J connectivity index is 2.34. The van der Waals surface area contributed by atoms with Gasteiger partial charge in [0, 0.05) is 11.5 Å². The summed E-state index contributed by atoms with van der Waals surface area (Å²) in [6.45, 7) is 10.1. The summed E-state index contributed by atoms with van der Waals surface area (Å²) in [7, 11) is 0. The highest BCUT2D eigenvalue weighted by molar-refractivity contribution is 5.96. The maximum Gasteiger partial charge on any atom is 0.422 e. The first-order chi connectivity index (χ1) is 11.3. The zero-order chi connectivity index (χ0) is 19.2. The summed E-state index contributed by atoms with van der Waals surface area (Å²) in [5, 5.41) is 10.0. The summed E-state index contributed by atoms with van der Waals surface area (Å²) in [6, 6.07) is 1.25. The molecular formula is C17H23NO7. The van der Waals surface area contributed by atoms with Crippen molar-refractivity contribution in [1.82, 2.24) is 4.57 Å². The Labute approximate surface area is 145 Å². The van der Waals surface area contributed by atoms with Crippen molar-refractivity contribution in [3.63, 3.8) is 0 Å². The Kier molecular flexibility index (Phi) is 4.59. The maximum atomic E-state index is 12.6. The van der Waals surface area contributed by atoms with Gasteiger partial charge in [-0.15, -0.1) is 0 Å². The number of nitrogens with zero attached hydrogens (tertiary/aromatic N) is 1. The fraction of sp³-hybridized carbons (Fsp3) is 0.588. The van der Waals surface area contributed by atoms with Crippen LogP contribution in [-0.2, 0) is 19.0 Å². The Bertz CT molecular complexity index is 724. The van der Waals surface area contributed by atoms with Gasteiger partial charge in [0.15, 0.2) is 0 Å². The lowest BCUT2D eigenvalue weighted by Gasteiger charge is -2.23. The van der Waals surface area contributed by atoms with E-state index < -0.39 is 41.0 Å². The predicted molar refractivity (Wildman–Crippen MR) is 86.4 cm³/mol. The van der Waals surface area contributed by atoms with Gasteiger partial charge < -0.3 is 19.3 Å². The van der Waals surface area contributed by atoms with Crippen molar-refractivity contribution in [1.29, 1.82) is 0 Å². The van der Waals surface area contributed by atoms with Crippen LogP contribution in [0.1, 0.15) is 50.7 Å². The standard InChI is InChI=1S/C17H23NO7/c1-9-7-10(19)18(15(22)25-16(2,3)4)11(9)13(20)24-12-14(21)23-8-17(12,5)6/h7,12,19H,8H2,1-6H3/t12-/m1/s1. The average molecular weight is 353 g/mol. The number of carbonyl (C=O) groups is 3. The molecule has 0 radical (unpaired) electrons. The molecule has 1 aliphatic heterocycles. The van der Waals surface area contributed by atoms with Crippen molar-refractivity contribution in [3.05, 3.63) is 17.3 Å². The third-order valence-corrected chi connectivity index (χ3v) is 3.68. The molecule has 1 aromatic heterocycles. The van der Waals surface area contributed by atoms with E-state index >= 15 is 0 Å². The van der Waals surface area contributed by atoms with Crippen molar-refractivity contribution in [3.8, 4) is 5.88 Å². The van der Waals surface area contributed by atoms with Crippen LogP contribution >= 0.6 is 0 Å². The van der Waals surface area contributed by atoms with Gasteiger partial charge in [-0.25, -0.2) is 19.0 Å². The van der Waals surface area contributed by atoms with E-state index in [0.717, 1.165) is 4.57 Å². The summed E-state index contributed by atoms with van der Waals surface area (Å²) in [6.07, 6.45) is -2.01. The van der Waals surface area contributed by atoms with Crippen molar-refractivity contribution in [2.45, 2.75) is 53.2 Å². The van der Waals surface area contributed by atoms with Crippen LogP contribution in [0.25, 0.3) is 0 Å². The second kappa shape index (κ2) is 6.09. The van der Waals surface area contributed by atoms with E-state index in [-0.39, 0.29) is 12.3 Å². The zero-order valence-corrected chi connectivity index (χ0v) is 15.2. The summed E-state index contributed by atoms with van der Waals surface area (Å²) >= 11 is 0. The molecule has 0 amide bonds. The minimum absolute atomic E-state index is 0.126. The molecule has 1 N–H and O–H groups in total. The van der Waals surface area contributed by atoms with Crippen molar-refractivity contribution >= 4 is 18.0 Å². The molecule has 0 saturated carbocycles. The van der Waals surface area contributed by atoms with Gasteiger partial charge >= 0.3 is 18.0 Å². The number of cyclic esters (lactones) is 1. The first-order valence-corrected chi connectivity index (χ1v) is 7.86. The summed E-state index contributed by atoms with van der Waals surface area (Å²) in [4.78, 5) is 36.7. The van der Waals surface area contributed by atoms with Gasteiger partial charge in [0.1, 0.15) is 17.9 Å². The molecule has 0 aliphatic carbocycles. The fourth-order valence-electron chi connectivity index (χ4n) is 2.46. The van der Waals surface area contributed by atoms with Crippen LogP contribution in [0.5, 0.6) is 5.88 Å². The Morgan fingerprint density at radius 1 is 1.36 bits per heavy atom. The Morgan fingerprint density at radius 2 is 1.96 bits per heavy atom. The molecule has 2 heterocycles. The molecule has 0 bridgehead atoms. The largest absolute Gasteiger partial charge is 0.494 e. The molecule has 8 heteroatoms. The molecule has 138 valence electrons. The first kappa shape index (κ1) is 18.8. The van der Waals surface area contributed by atoms with Gasteiger partial charge in [-0.1, -0.05) is 13.8 Å². The molecule has 1 aliphatic rings. The third kappa shape index (κ3) is 3.78. The molecule has 0 unspecified atom stereocenters. The minimum atomic E-state index is -1.09. The predicted octanol–water partition coefficient (Wildman–Crippen LogP) is 2.39. The molecule has 1 fully saturated rings. The fourth-order valence-corrected chi connectivity index (χ4v) is 2.46. The number of carbonyl (C=O) groups excluding carboxylic acids is 3. The van der Waals surface area contributed by atoms with Gasteiger partial charge in [-0.2, -0.15) is 0 Å². The molecule has 1 atom stereocenters. The van der Waals surface area contributed by atoms with Crippen LogP contribution in [0.3, 0.4) is 0 Å². The maximum absolute atomic E-state index is 12.6. The number of aromatic hydroxyl groups is 1. The highest BCUT2D eigenvalue weighted by atomic mass is 16.6. The number of rotatable bonds is 2. The molecule has 1 saturated heterocycles. The van der Waals surface area contributed by atoms with Crippen molar-refractivity contribution in [2.75, 3.05) is 6.61 Å². The number of hydrogen-bond donors (Lipinski definition) is 1. The quantitative estimate of drug-likeness (QED) is 0.643. The summed E-state index contributed by atoms with van der Waals surface area (Å²) < 4.78 is 16.2. The first-order valence-electron chi connectivity index (χ1n) is 7.86. The van der Waals surface area contributed by atoms with Crippen LogP contribution in [-0.4, -0.2) is 46.0 Å². The second-order valence-corrected chi connectivity index (χ2v) is 7.73. The normalized spacial score (nSPS) is 19.4. The van der Waals surface area contributed by atoms with Crippen LogP contribution in [0.4, 0.5) is 4.79 Å². The van der Waals surface area contributed by atoms with Crippen LogP contribution in [0.15, 0.2) is 6.07 Å². The highest BCUT2D eigenvalue weighted by Crippen LogP contribution is 2.32. The molecule has 1 aromatic rings. The van der Waals surface area contributed by atoms with E-state index in [1.54, 1.807) is 34.6 Å². The third-order valence-electron chi connectivity index (χ3n) is 3.68. The second-order valence-electron chi connectivity index (χ2n) is 7.73. The lowest BCUT2D eigenvalue weighted by Crippen LogP contribution is -2.36. The molecule has 8 nitrogen and oxygen atoms in total. The Hall–Kier alpha value is -2.51. The van der Waals surface area contributed by atoms with Crippen LogP contribution < -0.4 is 0 Å². The Morgan fingerprint density at radius 3 is 2.44 bits per heavy atom. The molecular weight excluding hydrogens is 330 g/mol. The lowest BCUT2D eigenvalue weighted by atomic mass is 9.90. The van der Waals surface area contributed by atoms with Crippen LogP contribution in [0, 0.1) is 12.3 Å². The van der Waals surface area contributed by atoms with Gasteiger partial charge in [-0.3, -0.25) is 0 Å². The number of ether oxygens (including phenoxy) is 3. The van der Waals surface area contributed by atoms with Gasteiger partial charge in [0.2, 0.25) is 12.0 Å². The lowest BCUT2D eigenvalue weighted by molar-refractivity contribution is -0.145. The molecule has 2 rings (SSSR count). The van der Waals surface area contributed by atoms with Crippen molar-refractivity contribution in [2.24, 2.45) is 5.41 Å². The number of esters is 2. The van der Waals surface area contributed by atoms with E-state index in [1.165, 1.54) is 13.0 Å². The smallest absolute Gasteiger partial charge is 0.422 e. The minimum Gasteiger partial charge on any atom is -0.494 e. The van der Waals surface area contributed by atoms with E-state index in [0.29, 0.717) is 5.56 Å². The van der Waals surface area contributed by atoms with E-state index in [4.69, 9.17) is 14.2 Å². The molecule has 0 aromatic carbocycles. The van der Waals surface area contributed by atoms with Gasteiger partial charge in [0.25, 0.3) is 0 Å². The monoisotopic (exact) mass is 353 g/mol. The van der Waals surface area contributed by atoms with Crippen molar-refractivity contribution < 1.29 is 33.7 Å². The molecule has 25 heavy (non-hydrogen) atoms. The average Bonchev–Trinajstić information content (AvgIpc) is 2.86. The number of aromatic nitrogens is 1. The van der Waals surface area contributed by atoms with E-state index in [2.05, 4.69) is 0 Å². The van der Waals surface area contributed by atoms with E-state index in [1.807, 2.05) is 0 Å². The number of hydrogen-bond acceptors (Lipinski definition) is 7. The van der Waals surface area contributed by atoms with Crippen LogP contribution in [0.2, 0.25) is 0 Å². The summed E-state index contributed by atoms with van der Waals surface area (Å²) in [5.41, 5.74) is -1.38.